The van der Waals surface area contributed by atoms with E-state index in [9.17, 15) is 18.4 Å². The zero-order chi connectivity index (χ0) is 18.2. The van der Waals surface area contributed by atoms with Gasteiger partial charge in [0, 0.05) is 12.8 Å². The number of amides is 1. The number of nitrogens with one attached hydrogen (secondary N) is 1. The van der Waals surface area contributed by atoms with Crippen molar-refractivity contribution in [2.45, 2.75) is 31.7 Å². The number of halogens is 2. The smallest absolute Gasteiger partial charge is 0.303 e. The average Bonchev–Trinajstić information content (AvgIpc) is 2.58. The van der Waals surface area contributed by atoms with Crippen LogP contribution in [0, 0.1) is 11.6 Å². The summed E-state index contributed by atoms with van der Waals surface area (Å²) in [5.74, 6) is -1.91. The number of carboxylic acids is 1. The standard InChI is InChI=1S/C19H19F2NO3/c20-15-9-5-13(6-10-15)19(14-7-11-16(21)12-8-14)22-17(23)3-1-2-4-18(24)25/h5-12,19H,1-4H2,(H,22,23)(H,24,25). The predicted octanol–water partition coefficient (Wildman–Crippen LogP) is 3.82. The lowest BCUT2D eigenvalue weighted by Gasteiger charge is -2.20. The summed E-state index contributed by atoms with van der Waals surface area (Å²) in [4.78, 5) is 22.7. The molecule has 0 heterocycles. The van der Waals surface area contributed by atoms with E-state index in [1.807, 2.05) is 0 Å². The molecule has 25 heavy (non-hydrogen) atoms. The van der Waals surface area contributed by atoms with Crippen molar-refractivity contribution in [2.75, 3.05) is 0 Å². The second kappa shape index (κ2) is 8.92. The first-order valence-corrected chi connectivity index (χ1v) is 7.98. The van der Waals surface area contributed by atoms with Crippen LogP contribution in [-0.2, 0) is 9.59 Å². The van der Waals surface area contributed by atoms with Crippen LogP contribution in [0.15, 0.2) is 48.5 Å². The second-order valence-corrected chi connectivity index (χ2v) is 5.70. The third kappa shape index (κ3) is 5.99. The summed E-state index contributed by atoms with van der Waals surface area (Å²) < 4.78 is 26.3. The lowest BCUT2D eigenvalue weighted by atomic mass is 9.98. The van der Waals surface area contributed by atoms with Crippen molar-refractivity contribution in [3.8, 4) is 0 Å². The monoisotopic (exact) mass is 347 g/mol. The number of unbranched alkanes of at least 4 members (excludes halogenated alkanes) is 1. The summed E-state index contributed by atoms with van der Waals surface area (Å²) in [5.41, 5.74) is 1.35. The molecular weight excluding hydrogens is 328 g/mol. The normalized spacial score (nSPS) is 10.7. The number of aliphatic carboxylic acids is 1. The molecule has 2 aromatic carbocycles. The quantitative estimate of drug-likeness (QED) is 0.714. The summed E-state index contributed by atoms with van der Waals surface area (Å²) in [6.07, 6.45) is 1.08. The molecule has 6 heteroatoms. The number of carbonyl (C=O) groups excluding carboxylic acids is 1. The highest BCUT2D eigenvalue weighted by atomic mass is 19.1. The van der Waals surface area contributed by atoms with Crippen LogP contribution >= 0.6 is 0 Å². The molecule has 2 rings (SSSR count). The topological polar surface area (TPSA) is 66.4 Å². The van der Waals surface area contributed by atoms with Crippen LogP contribution in [0.3, 0.4) is 0 Å². The van der Waals surface area contributed by atoms with Crippen molar-refractivity contribution in [3.63, 3.8) is 0 Å². The van der Waals surface area contributed by atoms with Gasteiger partial charge in [-0.2, -0.15) is 0 Å². The Balaban J connectivity index is 2.09. The first-order valence-electron chi connectivity index (χ1n) is 7.98. The van der Waals surface area contributed by atoms with Crippen molar-refractivity contribution < 1.29 is 23.5 Å². The second-order valence-electron chi connectivity index (χ2n) is 5.70. The number of carbonyl (C=O) groups is 2. The largest absolute Gasteiger partial charge is 0.481 e. The molecule has 0 spiro atoms. The Morgan fingerprint density at radius 3 is 1.72 bits per heavy atom. The fraction of sp³-hybridized carbons (Fsp3) is 0.263. The van der Waals surface area contributed by atoms with Crippen LogP contribution in [0.5, 0.6) is 0 Å². The highest BCUT2D eigenvalue weighted by Gasteiger charge is 2.17. The van der Waals surface area contributed by atoms with Gasteiger partial charge in [-0.15, -0.1) is 0 Å². The number of benzene rings is 2. The van der Waals surface area contributed by atoms with Crippen molar-refractivity contribution >= 4 is 11.9 Å². The number of hydrogen-bond donors (Lipinski definition) is 2. The zero-order valence-corrected chi connectivity index (χ0v) is 13.5. The van der Waals surface area contributed by atoms with Crippen LogP contribution in [-0.4, -0.2) is 17.0 Å². The van der Waals surface area contributed by atoms with Gasteiger partial charge < -0.3 is 10.4 Å². The Kier molecular flexibility index (Phi) is 6.62. The molecule has 0 radical (unpaired) electrons. The Labute approximate surface area is 144 Å². The maximum absolute atomic E-state index is 13.2. The van der Waals surface area contributed by atoms with Crippen molar-refractivity contribution in [3.05, 3.63) is 71.3 Å². The van der Waals surface area contributed by atoms with Gasteiger partial charge >= 0.3 is 5.97 Å². The molecule has 132 valence electrons. The van der Waals surface area contributed by atoms with Crippen molar-refractivity contribution in [1.82, 2.24) is 5.32 Å². The molecule has 0 unspecified atom stereocenters. The zero-order valence-electron chi connectivity index (χ0n) is 13.5. The summed E-state index contributed by atoms with van der Waals surface area (Å²) >= 11 is 0. The minimum atomic E-state index is -0.893. The van der Waals surface area contributed by atoms with E-state index in [4.69, 9.17) is 5.11 Å². The van der Waals surface area contributed by atoms with Crippen LogP contribution < -0.4 is 5.32 Å². The van der Waals surface area contributed by atoms with Gasteiger partial charge in [0.2, 0.25) is 5.91 Å². The van der Waals surface area contributed by atoms with Crippen molar-refractivity contribution in [1.29, 1.82) is 0 Å². The van der Waals surface area contributed by atoms with E-state index in [1.54, 1.807) is 24.3 Å². The number of hydrogen-bond acceptors (Lipinski definition) is 2. The van der Waals surface area contributed by atoms with Gasteiger partial charge in [-0.1, -0.05) is 24.3 Å². The molecule has 0 saturated heterocycles. The van der Waals surface area contributed by atoms with Crippen LogP contribution in [0.2, 0.25) is 0 Å². The number of rotatable bonds is 8. The van der Waals surface area contributed by atoms with E-state index >= 15 is 0 Å². The van der Waals surface area contributed by atoms with Crippen LogP contribution in [0.25, 0.3) is 0 Å². The maximum Gasteiger partial charge on any atom is 0.303 e. The molecule has 1 amide bonds. The first kappa shape index (κ1) is 18.6. The Hall–Kier alpha value is -2.76. The molecule has 0 atom stereocenters. The summed E-state index contributed by atoms with van der Waals surface area (Å²) in [7, 11) is 0. The molecule has 4 nitrogen and oxygen atoms in total. The Bertz CT molecular complexity index is 669. The van der Waals surface area contributed by atoms with Crippen LogP contribution in [0.4, 0.5) is 8.78 Å². The molecular formula is C19H19F2NO3. The van der Waals surface area contributed by atoms with Gasteiger partial charge in [0.15, 0.2) is 0 Å². The fourth-order valence-corrected chi connectivity index (χ4v) is 2.46. The molecule has 0 aromatic heterocycles. The third-order valence-electron chi connectivity index (χ3n) is 3.76. The lowest BCUT2D eigenvalue weighted by Crippen LogP contribution is -2.29. The summed E-state index contributed by atoms with van der Waals surface area (Å²) in [6.45, 7) is 0. The van der Waals surface area contributed by atoms with E-state index in [0.717, 1.165) is 0 Å². The van der Waals surface area contributed by atoms with Gasteiger partial charge in [0.25, 0.3) is 0 Å². The third-order valence-corrected chi connectivity index (χ3v) is 3.76. The summed E-state index contributed by atoms with van der Waals surface area (Å²) in [5, 5.41) is 11.4. The molecule has 0 aliphatic carbocycles. The highest BCUT2D eigenvalue weighted by Crippen LogP contribution is 2.23. The predicted molar refractivity (Wildman–Crippen MR) is 88.9 cm³/mol. The van der Waals surface area contributed by atoms with Gasteiger partial charge in [0.1, 0.15) is 11.6 Å². The average molecular weight is 347 g/mol. The Morgan fingerprint density at radius 2 is 1.28 bits per heavy atom. The maximum atomic E-state index is 13.2. The molecule has 0 saturated carbocycles. The summed E-state index contributed by atoms with van der Waals surface area (Å²) in [6, 6.07) is 10.9. The van der Waals surface area contributed by atoms with Gasteiger partial charge in [-0.05, 0) is 48.2 Å². The van der Waals surface area contributed by atoms with Gasteiger partial charge in [-0.3, -0.25) is 9.59 Å². The Morgan fingerprint density at radius 1 is 0.840 bits per heavy atom. The lowest BCUT2D eigenvalue weighted by molar-refractivity contribution is -0.137. The van der Waals surface area contributed by atoms with E-state index in [2.05, 4.69) is 5.32 Å². The van der Waals surface area contributed by atoms with Crippen molar-refractivity contribution in [2.24, 2.45) is 0 Å². The molecule has 0 aliphatic heterocycles. The van der Waals surface area contributed by atoms with E-state index in [0.29, 0.717) is 24.0 Å². The minimum Gasteiger partial charge on any atom is -0.481 e. The molecule has 0 bridgehead atoms. The molecule has 2 aromatic rings. The first-order chi connectivity index (χ1) is 12.0. The van der Waals surface area contributed by atoms with E-state index in [-0.39, 0.29) is 30.4 Å². The van der Waals surface area contributed by atoms with Gasteiger partial charge in [-0.25, -0.2) is 8.78 Å². The minimum absolute atomic E-state index is 0.0205. The highest BCUT2D eigenvalue weighted by molar-refractivity contribution is 5.77. The molecule has 0 aliphatic rings. The molecule has 0 fully saturated rings. The van der Waals surface area contributed by atoms with Crippen LogP contribution in [0.1, 0.15) is 42.9 Å². The molecule has 2 N–H and O–H groups in total. The van der Waals surface area contributed by atoms with Gasteiger partial charge in [0.05, 0.1) is 6.04 Å². The SMILES string of the molecule is O=C(O)CCCCC(=O)NC(c1ccc(F)cc1)c1ccc(F)cc1. The van der Waals surface area contributed by atoms with E-state index < -0.39 is 12.0 Å². The number of carboxylic acid groups (broad SMARTS) is 1. The van der Waals surface area contributed by atoms with E-state index in [1.165, 1.54) is 24.3 Å². The fourth-order valence-electron chi connectivity index (χ4n) is 2.46.